The summed E-state index contributed by atoms with van der Waals surface area (Å²) in [6.45, 7) is 4.90. The van der Waals surface area contributed by atoms with E-state index in [1.807, 2.05) is 23.1 Å². The maximum atomic E-state index is 11.5. The fraction of sp³-hybridized carbons (Fsp3) is 0.467. The molecule has 0 saturated heterocycles. The predicted molar refractivity (Wildman–Crippen MR) is 81.4 cm³/mol. The number of aromatic nitrogens is 3. The number of carbonyl (C=O) groups excluding carboxylic acids is 1. The number of H-pyrrole nitrogens is 1. The molecule has 2 rings (SSSR count). The van der Waals surface area contributed by atoms with Gasteiger partial charge in [0.05, 0.1) is 26.0 Å². The molecule has 120 valence electrons. The number of hydrogen-bond acceptors (Lipinski definition) is 5. The highest BCUT2D eigenvalue weighted by Gasteiger charge is 2.08. The fourth-order valence-electron chi connectivity index (χ4n) is 2.02. The second-order valence-electron chi connectivity index (χ2n) is 4.83. The molecule has 2 N–H and O–H groups in total. The van der Waals surface area contributed by atoms with E-state index in [1.165, 1.54) is 0 Å². The molecule has 0 aliphatic heterocycles. The Morgan fingerprint density at radius 3 is 3.05 bits per heavy atom. The van der Waals surface area contributed by atoms with E-state index in [-0.39, 0.29) is 5.97 Å². The van der Waals surface area contributed by atoms with Crippen LogP contribution in [0.25, 0.3) is 0 Å². The van der Waals surface area contributed by atoms with E-state index in [0.29, 0.717) is 32.0 Å². The summed E-state index contributed by atoms with van der Waals surface area (Å²) in [6, 6.07) is 3.61. The van der Waals surface area contributed by atoms with Crippen molar-refractivity contribution in [2.45, 2.75) is 26.6 Å². The van der Waals surface area contributed by atoms with Crippen LogP contribution in [0.5, 0.6) is 0 Å². The largest absolute Gasteiger partial charge is 0.461 e. The molecule has 0 amide bonds. The van der Waals surface area contributed by atoms with Gasteiger partial charge in [-0.3, -0.25) is 4.68 Å². The van der Waals surface area contributed by atoms with Crippen molar-refractivity contribution < 1.29 is 14.3 Å². The molecule has 0 aromatic carbocycles. The van der Waals surface area contributed by atoms with Crippen LogP contribution in [-0.4, -0.2) is 41.1 Å². The quantitative estimate of drug-likeness (QED) is 0.683. The zero-order valence-electron chi connectivity index (χ0n) is 13.0. The monoisotopic (exact) mass is 306 g/mol. The lowest BCUT2D eigenvalue weighted by Gasteiger charge is -2.02. The van der Waals surface area contributed by atoms with Crippen LogP contribution in [0.3, 0.4) is 0 Å². The summed E-state index contributed by atoms with van der Waals surface area (Å²) in [7, 11) is 1.67. The van der Waals surface area contributed by atoms with Crippen LogP contribution in [0, 0.1) is 0 Å². The molecule has 2 aromatic heterocycles. The molecule has 0 aliphatic carbocycles. The summed E-state index contributed by atoms with van der Waals surface area (Å²) in [5.41, 5.74) is 2.52. The number of rotatable bonds is 9. The van der Waals surface area contributed by atoms with Crippen LogP contribution in [0.1, 0.15) is 28.7 Å². The zero-order chi connectivity index (χ0) is 15.8. The van der Waals surface area contributed by atoms with Gasteiger partial charge in [0, 0.05) is 37.7 Å². The molecular formula is C15H22N4O3. The molecule has 0 aliphatic rings. The average Bonchev–Trinajstić information content (AvgIpc) is 3.15. The van der Waals surface area contributed by atoms with Crippen LogP contribution in [-0.2, 0) is 29.1 Å². The van der Waals surface area contributed by atoms with Crippen molar-refractivity contribution in [2.75, 3.05) is 20.3 Å². The Bertz CT molecular complexity index is 591. The number of ether oxygens (including phenoxy) is 2. The lowest BCUT2D eigenvalue weighted by Crippen LogP contribution is -2.13. The third kappa shape index (κ3) is 4.71. The van der Waals surface area contributed by atoms with Gasteiger partial charge in [0.2, 0.25) is 0 Å². The summed E-state index contributed by atoms with van der Waals surface area (Å²) < 4.78 is 11.8. The van der Waals surface area contributed by atoms with Crippen molar-refractivity contribution in [1.82, 2.24) is 20.1 Å². The van der Waals surface area contributed by atoms with Crippen molar-refractivity contribution in [2.24, 2.45) is 0 Å². The van der Waals surface area contributed by atoms with Crippen LogP contribution in [0.15, 0.2) is 24.5 Å². The van der Waals surface area contributed by atoms with Gasteiger partial charge in [-0.25, -0.2) is 4.79 Å². The number of methoxy groups -OCH3 is 1. The minimum absolute atomic E-state index is 0.326. The summed E-state index contributed by atoms with van der Waals surface area (Å²) in [5.74, 6) is -0.326. The Morgan fingerprint density at radius 1 is 1.41 bits per heavy atom. The molecule has 22 heavy (non-hydrogen) atoms. The number of hydrogen-bond donors (Lipinski definition) is 2. The van der Waals surface area contributed by atoms with Crippen LogP contribution < -0.4 is 5.32 Å². The SMILES string of the molecule is CCOC(=O)c1ccc(CNCc2cnn(CCOC)c2)[nH]1. The summed E-state index contributed by atoms with van der Waals surface area (Å²) in [4.78, 5) is 14.6. The van der Waals surface area contributed by atoms with E-state index in [4.69, 9.17) is 9.47 Å². The normalized spacial score (nSPS) is 10.8. The van der Waals surface area contributed by atoms with Gasteiger partial charge in [-0.2, -0.15) is 5.10 Å². The third-order valence-electron chi connectivity index (χ3n) is 3.10. The van der Waals surface area contributed by atoms with Gasteiger partial charge >= 0.3 is 5.97 Å². The van der Waals surface area contributed by atoms with Gasteiger partial charge in [-0.05, 0) is 19.1 Å². The van der Waals surface area contributed by atoms with Crippen molar-refractivity contribution >= 4 is 5.97 Å². The van der Waals surface area contributed by atoms with Gasteiger partial charge in [-0.15, -0.1) is 0 Å². The first-order chi connectivity index (χ1) is 10.7. The first-order valence-corrected chi connectivity index (χ1v) is 7.29. The molecule has 0 radical (unpaired) electrons. The van der Waals surface area contributed by atoms with E-state index >= 15 is 0 Å². The predicted octanol–water partition coefficient (Wildman–Crippen LogP) is 1.32. The Labute approximate surface area is 129 Å². The van der Waals surface area contributed by atoms with E-state index < -0.39 is 0 Å². The second kappa shape index (κ2) is 8.35. The summed E-state index contributed by atoms with van der Waals surface area (Å²) >= 11 is 0. The highest BCUT2D eigenvalue weighted by atomic mass is 16.5. The third-order valence-corrected chi connectivity index (χ3v) is 3.10. The standard InChI is InChI=1S/C15H22N4O3/c1-3-22-15(20)14-5-4-13(18-14)10-16-8-12-9-17-19(11-12)6-7-21-2/h4-5,9,11,16,18H,3,6-8,10H2,1-2H3. The summed E-state index contributed by atoms with van der Waals surface area (Å²) in [5, 5.41) is 7.56. The first-order valence-electron chi connectivity index (χ1n) is 7.29. The van der Waals surface area contributed by atoms with E-state index in [9.17, 15) is 4.79 Å². The average molecular weight is 306 g/mol. The molecule has 2 heterocycles. The number of aromatic amines is 1. The van der Waals surface area contributed by atoms with Crippen LogP contribution in [0.2, 0.25) is 0 Å². The first kappa shape index (κ1) is 16.3. The highest BCUT2D eigenvalue weighted by molar-refractivity contribution is 5.87. The molecule has 0 spiro atoms. The van der Waals surface area contributed by atoms with Gasteiger partial charge in [0.15, 0.2) is 0 Å². The molecule has 0 bridgehead atoms. The molecule has 0 atom stereocenters. The molecule has 0 unspecified atom stereocenters. The molecule has 0 fully saturated rings. The van der Waals surface area contributed by atoms with E-state index in [0.717, 1.165) is 17.8 Å². The van der Waals surface area contributed by atoms with Crippen molar-refractivity contribution in [3.05, 3.63) is 41.5 Å². The number of carbonyl (C=O) groups is 1. The Balaban J connectivity index is 1.76. The summed E-state index contributed by atoms with van der Waals surface area (Å²) in [6.07, 6.45) is 3.83. The number of esters is 1. The van der Waals surface area contributed by atoms with Gasteiger partial charge in [-0.1, -0.05) is 0 Å². The fourth-order valence-corrected chi connectivity index (χ4v) is 2.02. The second-order valence-corrected chi connectivity index (χ2v) is 4.83. The highest BCUT2D eigenvalue weighted by Crippen LogP contribution is 2.04. The Morgan fingerprint density at radius 2 is 2.27 bits per heavy atom. The topological polar surface area (TPSA) is 81.2 Å². The number of nitrogens with one attached hydrogen (secondary N) is 2. The van der Waals surface area contributed by atoms with Gasteiger partial charge in [0.25, 0.3) is 0 Å². The van der Waals surface area contributed by atoms with Gasteiger partial charge < -0.3 is 19.8 Å². The molecular weight excluding hydrogens is 284 g/mol. The van der Waals surface area contributed by atoms with E-state index in [2.05, 4.69) is 15.4 Å². The molecule has 0 saturated carbocycles. The lowest BCUT2D eigenvalue weighted by atomic mass is 10.3. The molecule has 2 aromatic rings. The van der Waals surface area contributed by atoms with Gasteiger partial charge in [0.1, 0.15) is 5.69 Å². The smallest absolute Gasteiger partial charge is 0.354 e. The van der Waals surface area contributed by atoms with Crippen LogP contribution in [0.4, 0.5) is 0 Å². The molecule has 7 nitrogen and oxygen atoms in total. The minimum atomic E-state index is -0.326. The maximum absolute atomic E-state index is 11.5. The molecule has 7 heteroatoms. The Kier molecular flexibility index (Phi) is 6.17. The van der Waals surface area contributed by atoms with Crippen molar-refractivity contribution in [3.63, 3.8) is 0 Å². The van der Waals surface area contributed by atoms with Crippen molar-refractivity contribution in [1.29, 1.82) is 0 Å². The van der Waals surface area contributed by atoms with Crippen molar-refractivity contribution in [3.8, 4) is 0 Å². The zero-order valence-corrected chi connectivity index (χ0v) is 13.0. The van der Waals surface area contributed by atoms with E-state index in [1.54, 1.807) is 20.1 Å². The maximum Gasteiger partial charge on any atom is 0.354 e. The minimum Gasteiger partial charge on any atom is -0.461 e. The lowest BCUT2D eigenvalue weighted by molar-refractivity contribution is 0.0520. The Hall–Kier alpha value is -2.12. The van der Waals surface area contributed by atoms with Crippen LogP contribution >= 0.6 is 0 Å². The number of nitrogens with zero attached hydrogens (tertiary/aromatic N) is 2.